The molecule has 1 unspecified atom stereocenters. The van der Waals surface area contributed by atoms with Crippen molar-refractivity contribution in [2.45, 2.75) is 19.8 Å². The van der Waals surface area contributed by atoms with E-state index in [4.69, 9.17) is 10.4 Å². The Balaban J connectivity index is 2.76. The van der Waals surface area contributed by atoms with Crippen molar-refractivity contribution in [3.8, 4) is 6.07 Å². The number of aliphatic carboxylic acids is 1. The second kappa shape index (κ2) is 7.04. The van der Waals surface area contributed by atoms with Gasteiger partial charge in [-0.25, -0.2) is 4.98 Å². The molecular formula is C12H14N4O4. The van der Waals surface area contributed by atoms with Crippen molar-refractivity contribution in [2.24, 2.45) is 5.92 Å². The molecule has 0 saturated heterocycles. The van der Waals surface area contributed by atoms with Crippen LogP contribution in [0.1, 0.15) is 25.5 Å². The number of hydrogen-bond donors (Lipinski definition) is 2. The number of nitrogens with one attached hydrogen (secondary N) is 1. The number of hydrogen-bond acceptors (Lipinski definition) is 6. The van der Waals surface area contributed by atoms with E-state index in [0.29, 0.717) is 18.8 Å². The van der Waals surface area contributed by atoms with Gasteiger partial charge >= 0.3 is 11.7 Å². The molecule has 0 radical (unpaired) electrons. The van der Waals surface area contributed by atoms with Gasteiger partial charge in [-0.2, -0.15) is 5.26 Å². The summed E-state index contributed by atoms with van der Waals surface area (Å²) in [6.07, 6.45) is 0.707. The predicted molar refractivity (Wildman–Crippen MR) is 70.1 cm³/mol. The van der Waals surface area contributed by atoms with Crippen LogP contribution in [0.25, 0.3) is 0 Å². The van der Waals surface area contributed by atoms with Crippen molar-refractivity contribution in [3.05, 3.63) is 27.9 Å². The number of carbonyl (C=O) groups is 1. The molecule has 1 aromatic rings. The van der Waals surface area contributed by atoms with Crippen LogP contribution >= 0.6 is 0 Å². The zero-order chi connectivity index (χ0) is 15.1. The van der Waals surface area contributed by atoms with Gasteiger partial charge in [-0.1, -0.05) is 13.3 Å². The number of carboxylic acids is 1. The first-order valence-corrected chi connectivity index (χ1v) is 5.99. The molecule has 0 aromatic carbocycles. The van der Waals surface area contributed by atoms with E-state index < -0.39 is 10.9 Å². The van der Waals surface area contributed by atoms with Crippen LogP contribution in [0.3, 0.4) is 0 Å². The molecule has 2 N–H and O–H groups in total. The van der Waals surface area contributed by atoms with Crippen molar-refractivity contribution >= 4 is 17.5 Å². The van der Waals surface area contributed by atoms with Gasteiger partial charge < -0.3 is 10.4 Å². The number of rotatable bonds is 7. The van der Waals surface area contributed by atoms with Crippen LogP contribution in [-0.4, -0.2) is 27.5 Å². The summed E-state index contributed by atoms with van der Waals surface area (Å²) in [7, 11) is 0. The molecule has 1 atom stereocenters. The molecule has 0 aliphatic carbocycles. The van der Waals surface area contributed by atoms with Crippen LogP contribution in [0.15, 0.2) is 12.1 Å². The van der Waals surface area contributed by atoms with Gasteiger partial charge in [0.2, 0.25) is 5.69 Å². The van der Waals surface area contributed by atoms with E-state index in [1.807, 2.05) is 6.92 Å². The molecule has 8 nitrogen and oxygen atoms in total. The average Bonchev–Trinajstić information content (AvgIpc) is 2.42. The van der Waals surface area contributed by atoms with E-state index in [1.165, 1.54) is 12.1 Å². The summed E-state index contributed by atoms with van der Waals surface area (Å²) in [4.78, 5) is 24.5. The van der Waals surface area contributed by atoms with Gasteiger partial charge in [0.1, 0.15) is 11.9 Å². The summed E-state index contributed by atoms with van der Waals surface area (Å²) in [5.41, 5.74) is -0.623. The Labute approximate surface area is 115 Å². The van der Waals surface area contributed by atoms with Crippen LogP contribution in [0.5, 0.6) is 0 Å². The fourth-order valence-electron chi connectivity index (χ4n) is 1.64. The highest BCUT2D eigenvalue weighted by Crippen LogP contribution is 2.18. The first-order valence-electron chi connectivity index (χ1n) is 5.99. The molecule has 0 spiro atoms. The Morgan fingerprint density at radius 1 is 1.65 bits per heavy atom. The molecule has 1 aromatic heterocycles. The number of nitrogens with zero attached hydrogens (tertiary/aromatic N) is 3. The number of nitriles is 1. The maximum Gasteiger partial charge on any atom is 0.305 e. The zero-order valence-electron chi connectivity index (χ0n) is 10.9. The molecule has 0 aliphatic rings. The molecule has 0 amide bonds. The molecule has 0 fully saturated rings. The van der Waals surface area contributed by atoms with Crippen molar-refractivity contribution in [1.29, 1.82) is 5.26 Å². The lowest BCUT2D eigenvalue weighted by Gasteiger charge is -2.13. The lowest BCUT2D eigenvalue weighted by molar-refractivity contribution is -0.385. The summed E-state index contributed by atoms with van der Waals surface area (Å²) in [5.74, 6) is -0.640. The normalized spacial score (nSPS) is 11.4. The first kappa shape index (κ1) is 15.4. The summed E-state index contributed by atoms with van der Waals surface area (Å²) in [6, 6.07) is 4.26. The maximum absolute atomic E-state index is 10.7. The number of nitro groups is 1. The monoisotopic (exact) mass is 278 g/mol. The third-order valence-corrected chi connectivity index (χ3v) is 2.79. The summed E-state index contributed by atoms with van der Waals surface area (Å²) >= 11 is 0. The fraction of sp³-hybridized carbons (Fsp3) is 0.417. The summed E-state index contributed by atoms with van der Waals surface area (Å²) in [5, 5.41) is 31.1. The average molecular weight is 278 g/mol. The third kappa shape index (κ3) is 4.20. The van der Waals surface area contributed by atoms with Gasteiger partial charge in [-0.15, -0.1) is 0 Å². The quantitative estimate of drug-likeness (QED) is 0.574. The summed E-state index contributed by atoms with van der Waals surface area (Å²) < 4.78 is 0. The second-order valence-corrected chi connectivity index (χ2v) is 4.19. The van der Waals surface area contributed by atoms with Gasteiger partial charge in [-0.05, 0) is 12.0 Å². The van der Waals surface area contributed by atoms with Gasteiger partial charge in [0.05, 0.1) is 4.92 Å². The molecule has 1 heterocycles. The molecular weight excluding hydrogens is 264 g/mol. The summed E-state index contributed by atoms with van der Waals surface area (Å²) in [6.45, 7) is 2.25. The zero-order valence-corrected chi connectivity index (χ0v) is 10.9. The van der Waals surface area contributed by atoms with Crippen LogP contribution in [-0.2, 0) is 4.79 Å². The first-order chi connectivity index (χ1) is 9.47. The topological polar surface area (TPSA) is 129 Å². The maximum atomic E-state index is 10.7. The third-order valence-electron chi connectivity index (χ3n) is 2.79. The minimum absolute atomic E-state index is 0.0294. The van der Waals surface area contributed by atoms with E-state index in [2.05, 4.69) is 10.3 Å². The standard InChI is InChI=1S/C12H14N4O4/c1-2-8(5-12(17)18)7-14-11-4-3-10(16(19)20)9(6-13)15-11/h3-4,8H,2,5,7H2,1H3,(H,14,15)(H,17,18). The number of anilines is 1. The Hall–Kier alpha value is -2.69. The van der Waals surface area contributed by atoms with Crippen molar-refractivity contribution in [2.75, 3.05) is 11.9 Å². The smallest absolute Gasteiger partial charge is 0.305 e. The van der Waals surface area contributed by atoms with Crippen molar-refractivity contribution < 1.29 is 14.8 Å². The highest BCUT2D eigenvalue weighted by Gasteiger charge is 2.16. The van der Waals surface area contributed by atoms with E-state index in [-0.39, 0.29) is 23.7 Å². The minimum atomic E-state index is -0.881. The molecule has 0 saturated carbocycles. The largest absolute Gasteiger partial charge is 0.481 e. The Bertz CT molecular complexity index is 553. The Morgan fingerprint density at radius 3 is 2.85 bits per heavy atom. The van der Waals surface area contributed by atoms with E-state index in [9.17, 15) is 14.9 Å². The predicted octanol–water partition coefficient (Wildman–Crippen LogP) is 1.77. The Morgan fingerprint density at radius 2 is 2.35 bits per heavy atom. The van der Waals surface area contributed by atoms with Crippen LogP contribution < -0.4 is 5.32 Å². The lowest BCUT2D eigenvalue weighted by atomic mass is 10.0. The van der Waals surface area contributed by atoms with Crippen LogP contribution in [0.4, 0.5) is 11.5 Å². The Kier molecular flexibility index (Phi) is 5.41. The fourth-order valence-corrected chi connectivity index (χ4v) is 1.64. The molecule has 0 aliphatic heterocycles. The molecule has 106 valence electrons. The molecule has 8 heteroatoms. The van der Waals surface area contributed by atoms with Gasteiger partial charge in [0.15, 0.2) is 0 Å². The SMILES string of the molecule is CCC(CNc1ccc([N+](=O)[O-])c(C#N)n1)CC(=O)O. The van der Waals surface area contributed by atoms with Crippen LogP contribution in [0, 0.1) is 27.4 Å². The number of aromatic nitrogens is 1. The van der Waals surface area contributed by atoms with Gasteiger partial charge in [0, 0.05) is 19.0 Å². The van der Waals surface area contributed by atoms with E-state index in [0.717, 1.165) is 0 Å². The van der Waals surface area contributed by atoms with Gasteiger partial charge in [0.25, 0.3) is 0 Å². The second-order valence-electron chi connectivity index (χ2n) is 4.19. The number of carboxylic acid groups (broad SMARTS) is 1. The highest BCUT2D eigenvalue weighted by atomic mass is 16.6. The van der Waals surface area contributed by atoms with E-state index in [1.54, 1.807) is 6.07 Å². The molecule has 1 rings (SSSR count). The highest BCUT2D eigenvalue weighted by molar-refractivity contribution is 5.67. The number of pyridine rings is 1. The van der Waals surface area contributed by atoms with Crippen molar-refractivity contribution in [1.82, 2.24) is 4.98 Å². The molecule has 0 bridgehead atoms. The van der Waals surface area contributed by atoms with Gasteiger partial charge in [-0.3, -0.25) is 14.9 Å². The minimum Gasteiger partial charge on any atom is -0.481 e. The molecule has 20 heavy (non-hydrogen) atoms. The van der Waals surface area contributed by atoms with Crippen LogP contribution in [0.2, 0.25) is 0 Å². The van der Waals surface area contributed by atoms with E-state index >= 15 is 0 Å². The van der Waals surface area contributed by atoms with Crippen molar-refractivity contribution in [3.63, 3.8) is 0 Å². The lowest BCUT2D eigenvalue weighted by Crippen LogP contribution is -2.18.